The monoisotopic (exact) mass is 423 g/mol. The van der Waals surface area contributed by atoms with Crippen molar-refractivity contribution in [3.05, 3.63) is 28.8 Å². The minimum absolute atomic E-state index is 0.0451. The molecular weight excluding hydrogens is 394 g/mol. The molecule has 1 saturated heterocycles. The highest BCUT2D eigenvalue weighted by Crippen LogP contribution is 2.28. The Balaban J connectivity index is 1.44. The summed E-state index contributed by atoms with van der Waals surface area (Å²) >= 11 is 6.13. The summed E-state index contributed by atoms with van der Waals surface area (Å²) in [6.45, 7) is 7.58. The number of benzene rings is 1. The number of ether oxygens (including phenoxy) is 2. The van der Waals surface area contributed by atoms with Gasteiger partial charge in [-0.05, 0) is 44.9 Å². The van der Waals surface area contributed by atoms with Crippen LogP contribution in [0.4, 0.5) is 4.79 Å². The van der Waals surface area contributed by atoms with E-state index in [0.29, 0.717) is 44.2 Å². The average molecular weight is 424 g/mol. The molecule has 2 aliphatic rings. The van der Waals surface area contributed by atoms with Crippen LogP contribution in [0.1, 0.15) is 38.7 Å². The summed E-state index contributed by atoms with van der Waals surface area (Å²) in [5.41, 5.74) is 1.05. The lowest BCUT2D eigenvalue weighted by Crippen LogP contribution is -2.47. The quantitative estimate of drug-likeness (QED) is 0.788. The Kier molecular flexibility index (Phi) is 7.61. The van der Waals surface area contributed by atoms with Crippen LogP contribution in [0, 0.1) is 0 Å². The van der Waals surface area contributed by atoms with Crippen molar-refractivity contribution in [3.63, 3.8) is 0 Å². The number of halogens is 1. The zero-order chi connectivity index (χ0) is 20.8. The lowest BCUT2D eigenvalue weighted by Gasteiger charge is -2.31. The Morgan fingerprint density at radius 1 is 1.31 bits per heavy atom. The zero-order valence-corrected chi connectivity index (χ0v) is 17.9. The summed E-state index contributed by atoms with van der Waals surface area (Å²) in [6.07, 6.45) is 1.72. The van der Waals surface area contributed by atoms with Gasteiger partial charge in [0.15, 0.2) is 0 Å². The number of nitrogens with one attached hydrogen (secondary N) is 1. The fraction of sp³-hybridized carbons (Fsp3) is 0.619. The fourth-order valence-electron chi connectivity index (χ4n) is 3.86. The first kappa shape index (κ1) is 21.7. The molecule has 2 heterocycles. The van der Waals surface area contributed by atoms with Gasteiger partial charge < -0.3 is 19.7 Å². The van der Waals surface area contributed by atoms with Gasteiger partial charge in [0.2, 0.25) is 5.91 Å². The molecular formula is C21H30ClN3O4. The van der Waals surface area contributed by atoms with Crippen LogP contribution in [0.2, 0.25) is 5.02 Å². The van der Waals surface area contributed by atoms with Gasteiger partial charge in [0.05, 0.1) is 6.61 Å². The van der Waals surface area contributed by atoms with Gasteiger partial charge >= 0.3 is 6.09 Å². The molecule has 2 aliphatic heterocycles. The van der Waals surface area contributed by atoms with E-state index in [1.54, 1.807) is 11.8 Å². The smallest absolute Gasteiger partial charge is 0.409 e. The number of carbonyl (C=O) groups is 2. The Morgan fingerprint density at radius 3 is 2.79 bits per heavy atom. The van der Waals surface area contributed by atoms with E-state index >= 15 is 0 Å². The number of amides is 2. The molecule has 3 rings (SSSR count). The molecule has 29 heavy (non-hydrogen) atoms. The lowest BCUT2D eigenvalue weighted by molar-refractivity contribution is -0.122. The molecule has 0 spiro atoms. The van der Waals surface area contributed by atoms with Gasteiger partial charge in [-0.25, -0.2) is 4.79 Å². The maximum atomic E-state index is 12.4. The Bertz CT molecular complexity index is 722. The Morgan fingerprint density at radius 2 is 2.07 bits per heavy atom. The van der Waals surface area contributed by atoms with Gasteiger partial charge in [-0.3, -0.25) is 9.69 Å². The summed E-state index contributed by atoms with van der Waals surface area (Å²) in [4.78, 5) is 28.1. The minimum atomic E-state index is -0.268. The van der Waals surface area contributed by atoms with Gasteiger partial charge in [-0.2, -0.15) is 0 Å². The third-order valence-electron chi connectivity index (χ3n) is 5.30. The van der Waals surface area contributed by atoms with Crippen molar-refractivity contribution in [2.45, 2.75) is 51.8 Å². The van der Waals surface area contributed by atoms with E-state index in [9.17, 15) is 9.59 Å². The first-order chi connectivity index (χ1) is 13.9. The minimum Gasteiger partial charge on any atom is -0.489 e. The SMILES string of the molecule is CCOC(=O)N1CCC(NC(=O)CCN2Cc3cc(Cl)ccc3O[C@H](C)C2)CC1. The van der Waals surface area contributed by atoms with E-state index in [4.69, 9.17) is 21.1 Å². The van der Waals surface area contributed by atoms with Gasteiger partial charge in [0.25, 0.3) is 0 Å². The number of carbonyl (C=O) groups excluding carboxylic acids is 2. The van der Waals surface area contributed by atoms with Crippen molar-refractivity contribution in [2.75, 3.05) is 32.8 Å². The van der Waals surface area contributed by atoms with Crippen LogP contribution >= 0.6 is 11.6 Å². The summed E-state index contributed by atoms with van der Waals surface area (Å²) in [7, 11) is 0. The van der Waals surface area contributed by atoms with Crippen molar-refractivity contribution in [2.24, 2.45) is 0 Å². The molecule has 0 aliphatic carbocycles. The van der Waals surface area contributed by atoms with Crippen LogP contribution in [0.3, 0.4) is 0 Å². The summed E-state index contributed by atoms with van der Waals surface area (Å²) in [6, 6.07) is 5.79. The molecule has 0 saturated carbocycles. The van der Waals surface area contributed by atoms with Crippen LogP contribution in [0.15, 0.2) is 18.2 Å². The Hall–Kier alpha value is -1.99. The largest absolute Gasteiger partial charge is 0.489 e. The van der Waals surface area contributed by atoms with E-state index in [1.807, 2.05) is 25.1 Å². The van der Waals surface area contributed by atoms with Crippen LogP contribution in [0.5, 0.6) is 5.75 Å². The molecule has 0 aromatic heterocycles. The highest BCUT2D eigenvalue weighted by molar-refractivity contribution is 6.30. The predicted octanol–water partition coefficient (Wildman–Crippen LogP) is 3.05. The van der Waals surface area contributed by atoms with Gasteiger partial charge in [-0.15, -0.1) is 0 Å². The molecule has 0 bridgehead atoms. The number of rotatable bonds is 5. The second-order valence-electron chi connectivity index (χ2n) is 7.69. The number of likely N-dealkylation sites (tertiary alicyclic amines) is 1. The third kappa shape index (κ3) is 6.24. The van der Waals surface area contributed by atoms with Crippen molar-refractivity contribution in [1.29, 1.82) is 0 Å². The summed E-state index contributed by atoms with van der Waals surface area (Å²) in [5.74, 6) is 0.908. The molecule has 1 fully saturated rings. The number of piperidine rings is 1. The molecule has 0 unspecified atom stereocenters. The van der Waals surface area contributed by atoms with Crippen LogP contribution in [0.25, 0.3) is 0 Å². The number of nitrogens with zero attached hydrogens (tertiary/aromatic N) is 2. The molecule has 2 amide bonds. The highest BCUT2D eigenvalue weighted by Gasteiger charge is 2.25. The van der Waals surface area contributed by atoms with E-state index < -0.39 is 0 Å². The van der Waals surface area contributed by atoms with Crippen molar-refractivity contribution >= 4 is 23.6 Å². The third-order valence-corrected chi connectivity index (χ3v) is 5.54. The second kappa shape index (κ2) is 10.2. The standard InChI is InChI=1S/C21H30ClN3O4/c1-3-28-21(27)25-10-6-18(7-11-25)23-20(26)8-9-24-13-15(2)29-19-5-4-17(22)12-16(19)14-24/h4-5,12,15,18H,3,6-11,13-14H2,1-2H3,(H,23,26)/t15-/m1/s1. The second-order valence-corrected chi connectivity index (χ2v) is 8.13. The molecule has 0 radical (unpaired) electrons. The Labute approximate surface area is 177 Å². The van der Waals surface area contributed by atoms with Gasteiger partial charge in [-0.1, -0.05) is 11.6 Å². The van der Waals surface area contributed by atoms with E-state index in [2.05, 4.69) is 10.2 Å². The fourth-order valence-corrected chi connectivity index (χ4v) is 4.06. The van der Waals surface area contributed by atoms with E-state index in [0.717, 1.165) is 30.7 Å². The summed E-state index contributed by atoms with van der Waals surface area (Å²) < 4.78 is 11.0. The van der Waals surface area contributed by atoms with Crippen LogP contribution in [-0.4, -0.2) is 66.7 Å². The highest BCUT2D eigenvalue weighted by atomic mass is 35.5. The molecule has 160 valence electrons. The van der Waals surface area contributed by atoms with Crippen LogP contribution < -0.4 is 10.1 Å². The first-order valence-corrected chi connectivity index (χ1v) is 10.7. The molecule has 1 aromatic rings. The normalized spacial score (nSPS) is 20.4. The molecule has 1 N–H and O–H groups in total. The van der Waals surface area contributed by atoms with Crippen molar-refractivity contribution in [1.82, 2.24) is 15.1 Å². The summed E-state index contributed by atoms with van der Waals surface area (Å²) in [5, 5.41) is 3.80. The number of fused-ring (bicyclic) bond motifs is 1. The van der Waals surface area contributed by atoms with Crippen LogP contribution in [-0.2, 0) is 16.1 Å². The maximum Gasteiger partial charge on any atom is 0.409 e. The maximum absolute atomic E-state index is 12.4. The molecule has 8 heteroatoms. The molecule has 1 atom stereocenters. The molecule has 7 nitrogen and oxygen atoms in total. The number of hydrogen-bond donors (Lipinski definition) is 1. The first-order valence-electron chi connectivity index (χ1n) is 10.3. The topological polar surface area (TPSA) is 71.1 Å². The number of hydrogen-bond acceptors (Lipinski definition) is 5. The van der Waals surface area contributed by atoms with Gasteiger partial charge in [0, 0.05) is 55.8 Å². The predicted molar refractivity (Wildman–Crippen MR) is 111 cm³/mol. The average Bonchev–Trinajstić information content (AvgIpc) is 2.84. The van der Waals surface area contributed by atoms with Crippen molar-refractivity contribution in [3.8, 4) is 5.75 Å². The van der Waals surface area contributed by atoms with E-state index in [-0.39, 0.29) is 24.1 Å². The van der Waals surface area contributed by atoms with Gasteiger partial charge in [0.1, 0.15) is 11.9 Å². The zero-order valence-electron chi connectivity index (χ0n) is 17.2. The lowest BCUT2D eigenvalue weighted by atomic mass is 10.1. The molecule has 1 aromatic carbocycles. The van der Waals surface area contributed by atoms with Crippen molar-refractivity contribution < 1.29 is 19.1 Å². The van der Waals surface area contributed by atoms with E-state index in [1.165, 1.54) is 0 Å².